The van der Waals surface area contributed by atoms with E-state index in [2.05, 4.69) is 222 Å². The van der Waals surface area contributed by atoms with Crippen LogP contribution in [-0.4, -0.2) is 87.8 Å². The van der Waals surface area contributed by atoms with Crippen molar-refractivity contribution < 1.29 is 37.7 Å². The molecule has 2 saturated heterocycles. The molecule has 11 N–H and O–H groups in total. The summed E-state index contributed by atoms with van der Waals surface area (Å²) in [6, 6.07) is 118. The Labute approximate surface area is 726 Å². The van der Waals surface area contributed by atoms with Crippen molar-refractivity contribution >= 4 is 0 Å². The standard InChI is InChI=1S/C21H23NO2.C20H21N3O.C18H21NO.C17H19NO2.C16H17NO2.C15H17N/c1-23-18-11-9-16(10-12-18)14-20(17-6-3-2-4-7-17)21(22)15-19-8-5-13-24-19;1-3-7-15(8-4-1)18(16-9-5-2-6-10-16)19-22-20(24-23-19)17-11-13-21-14-12-17;20-18(15-7-3-1-4-8-15,16-9-5-2-6-10-16)17-11-13-19-14-12-17;18-9-8-15(14-4-2-1-3-5-14)10-13-6-7-16-17(11-13)20-12-19-16;17-9-8-14(12-4-2-1-3-5-12)13-6-7-15-16(10-13)19-11-18-15;16-12-11-15(13-7-3-1-4-8-13)14-9-5-2-6-10-14/h2-13,20-21H,14-15,22H2,1H3;1-10,17-18,21H,11-14H2;1-10,17,19-20H,11-14H2;1-7,11,15H,8-10,12,18H2;1-7,10,14H,8-9,11,17H2;1-10,15H,11-12,16H2. The summed E-state index contributed by atoms with van der Waals surface area (Å²) in [7, 11) is 1.68. The molecule has 0 radical (unpaired) electrons. The number of nitrogens with two attached hydrogens (primary N) is 4. The molecule has 4 aliphatic heterocycles. The first-order valence-corrected chi connectivity index (χ1v) is 43.4. The van der Waals surface area contributed by atoms with E-state index in [1.54, 1.807) is 13.4 Å². The molecule has 0 bridgehead atoms. The zero-order chi connectivity index (χ0) is 84.9. The Morgan fingerprint density at radius 1 is 0.415 bits per heavy atom. The van der Waals surface area contributed by atoms with Crippen LogP contribution in [0.3, 0.4) is 0 Å². The lowest BCUT2D eigenvalue weighted by atomic mass is 9.72. The Kier molecular flexibility index (Phi) is 34.0. The summed E-state index contributed by atoms with van der Waals surface area (Å²) in [5, 5.41) is 22.6. The van der Waals surface area contributed by atoms with Gasteiger partial charge < -0.3 is 71.3 Å². The summed E-state index contributed by atoms with van der Waals surface area (Å²) in [5.74, 6) is 8.71. The molecule has 2 fully saturated rings. The van der Waals surface area contributed by atoms with Gasteiger partial charge in [-0.1, -0.05) is 302 Å². The average Bonchev–Trinajstić information content (AvgIpc) is 1.71. The van der Waals surface area contributed by atoms with Crippen LogP contribution in [-0.2, 0) is 24.9 Å². The zero-order valence-corrected chi connectivity index (χ0v) is 70.5. The van der Waals surface area contributed by atoms with Crippen LogP contribution < -0.4 is 57.3 Å². The Balaban J connectivity index is 0.000000128. The van der Waals surface area contributed by atoms with Gasteiger partial charge in [-0.15, -0.1) is 0 Å². The highest BCUT2D eigenvalue weighted by Gasteiger charge is 2.40. The van der Waals surface area contributed by atoms with Crippen molar-refractivity contribution in [3.8, 4) is 28.7 Å². The molecular weight excluding hydrogens is 1530 g/mol. The number of fused-ring (bicyclic) bond motifs is 2. The van der Waals surface area contributed by atoms with Gasteiger partial charge in [-0.3, -0.25) is 0 Å². The second-order valence-corrected chi connectivity index (χ2v) is 31.5. The van der Waals surface area contributed by atoms with Crippen LogP contribution in [0.1, 0.15) is 165 Å². The van der Waals surface area contributed by atoms with Crippen molar-refractivity contribution in [2.75, 3.05) is 66.5 Å². The Hall–Kier alpha value is -12.2. The van der Waals surface area contributed by atoms with Crippen LogP contribution in [0.25, 0.3) is 0 Å². The van der Waals surface area contributed by atoms with Gasteiger partial charge in [0, 0.05) is 36.1 Å². The van der Waals surface area contributed by atoms with Crippen molar-refractivity contribution in [3.63, 3.8) is 0 Å². The molecule has 16 nitrogen and oxygen atoms in total. The van der Waals surface area contributed by atoms with Crippen LogP contribution >= 0.6 is 0 Å². The molecular formula is C107H118N8O8. The summed E-state index contributed by atoms with van der Waals surface area (Å²) in [6.45, 7) is 6.70. The number of aliphatic hydroxyl groups is 1. The molecule has 6 heterocycles. The van der Waals surface area contributed by atoms with Crippen molar-refractivity contribution in [2.45, 2.75) is 111 Å². The van der Waals surface area contributed by atoms with Gasteiger partial charge in [-0.25, -0.2) is 0 Å². The number of nitrogens with zero attached hydrogens (tertiary/aromatic N) is 2. The van der Waals surface area contributed by atoms with Crippen LogP contribution in [0, 0.1) is 5.92 Å². The van der Waals surface area contributed by atoms with Crippen molar-refractivity contribution in [2.24, 2.45) is 28.9 Å². The number of rotatable bonds is 27. The minimum absolute atomic E-state index is 0.00613. The Bertz CT molecular complexity index is 5130. The number of ether oxygens (including phenoxy) is 5. The topological polar surface area (TPSA) is 247 Å². The van der Waals surface area contributed by atoms with E-state index in [0.29, 0.717) is 56.9 Å². The summed E-state index contributed by atoms with van der Waals surface area (Å²) < 4.78 is 37.9. The highest BCUT2D eigenvalue weighted by Crippen LogP contribution is 2.43. The van der Waals surface area contributed by atoms with Gasteiger partial charge in [0.15, 0.2) is 28.8 Å². The summed E-state index contributed by atoms with van der Waals surface area (Å²) in [6.07, 6.45) is 11.3. The SMILES string of the molecule is COc1ccc(CC(c2ccccc2)C(N)Cc2ccco2)cc1.NCCC(Cc1ccc2c(c1)OCO2)c1ccccc1.NCCC(c1ccccc1)c1ccc2c(c1)OCO2.NCCC(c1ccccc1)c1ccccc1.OC(c1ccccc1)(c1ccccc1)C1CCNCC1.c1ccc(C(c2ccccc2)c2noc(C3CCNCC3)n2)cc1. The molecule has 0 saturated carbocycles. The number of methoxy groups -OCH3 is 1. The molecule has 123 heavy (non-hydrogen) atoms. The number of hydrogen-bond donors (Lipinski definition) is 7. The smallest absolute Gasteiger partial charge is 0.231 e. The fourth-order valence-corrected chi connectivity index (χ4v) is 16.9. The van der Waals surface area contributed by atoms with Gasteiger partial charge in [-0.05, 0) is 231 Å². The zero-order valence-electron chi connectivity index (χ0n) is 70.5. The predicted molar refractivity (Wildman–Crippen MR) is 493 cm³/mol. The molecule has 12 aromatic carbocycles. The van der Waals surface area contributed by atoms with Gasteiger partial charge >= 0.3 is 0 Å². The van der Waals surface area contributed by atoms with Gasteiger partial charge in [-0.2, -0.15) is 4.98 Å². The number of nitrogens with one attached hydrogen (secondary N) is 2. The molecule has 14 aromatic rings. The van der Waals surface area contributed by atoms with Gasteiger partial charge in [0.1, 0.15) is 17.1 Å². The van der Waals surface area contributed by atoms with Gasteiger partial charge in [0.25, 0.3) is 0 Å². The normalized spacial score (nSPS) is 14.4. The lowest BCUT2D eigenvalue weighted by molar-refractivity contribution is 0.00236. The fourth-order valence-electron chi connectivity index (χ4n) is 16.9. The van der Waals surface area contributed by atoms with E-state index in [9.17, 15) is 5.11 Å². The number of aromatic nitrogens is 2. The first-order chi connectivity index (χ1) is 60.7. The Morgan fingerprint density at radius 3 is 1.31 bits per heavy atom. The summed E-state index contributed by atoms with van der Waals surface area (Å²) in [4.78, 5) is 4.78. The first-order valence-electron chi connectivity index (χ1n) is 43.4. The highest BCUT2D eigenvalue weighted by molar-refractivity contribution is 5.49. The van der Waals surface area contributed by atoms with Crippen LogP contribution in [0.4, 0.5) is 0 Å². The number of furan rings is 1. The second-order valence-electron chi connectivity index (χ2n) is 31.5. The number of piperidine rings is 2. The van der Waals surface area contributed by atoms with E-state index in [4.69, 9.17) is 60.5 Å². The third-order valence-corrected chi connectivity index (χ3v) is 23.4. The first kappa shape index (κ1) is 88.6. The average molecular weight is 1640 g/mol. The summed E-state index contributed by atoms with van der Waals surface area (Å²) >= 11 is 0. The van der Waals surface area contributed by atoms with Crippen LogP contribution in [0.5, 0.6) is 28.7 Å². The largest absolute Gasteiger partial charge is 0.497 e. The van der Waals surface area contributed by atoms with E-state index < -0.39 is 5.60 Å². The quantitative estimate of drug-likeness (QED) is 0.0253. The highest BCUT2D eigenvalue weighted by atomic mass is 16.7. The molecule has 0 spiro atoms. The van der Waals surface area contributed by atoms with E-state index in [-0.39, 0.29) is 23.8 Å². The molecule has 16 heteroatoms. The molecule has 634 valence electrons. The van der Waals surface area contributed by atoms with E-state index >= 15 is 0 Å². The fraction of sp³-hybridized carbons (Fsp3) is 0.271. The van der Waals surface area contributed by atoms with Gasteiger partial charge in [0.05, 0.1) is 19.3 Å². The van der Waals surface area contributed by atoms with Crippen LogP contribution in [0.2, 0.25) is 0 Å². The van der Waals surface area contributed by atoms with Crippen LogP contribution in [0.15, 0.2) is 361 Å². The molecule has 4 unspecified atom stereocenters. The number of hydrogen-bond acceptors (Lipinski definition) is 16. The number of benzene rings is 12. The minimum Gasteiger partial charge on any atom is -0.497 e. The third-order valence-electron chi connectivity index (χ3n) is 23.4. The summed E-state index contributed by atoms with van der Waals surface area (Å²) in [5.41, 5.74) is 37.6. The predicted octanol–water partition coefficient (Wildman–Crippen LogP) is 20.0. The van der Waals surface area contributed by atoms with E-state index in [0.717, 1.165) is 148 Å². The molecule has 18 rings (SSSR count). The van der Waals surface area contributed by atoms with Crippen molar-refractivity contribution in [1.29, 1.82) is 0 Å². The third kappa shape index (κ3) is 25.2. The molecule has 4 atom stereocenters. The lowest BCUT2D eigenvalue weighted by Gasteiger charge is -2.39. The maximum atomic E-state index is 11.6. The lowest BCUT2D eigenvalue weighted by Crippen LogP contribution is -2.42. The minimum atomic E-state index is -0.884. The molecule has 0 amide bonds. The van der Waals surface area contributed by atoms with E-state index in [1.807, 2.05) is 140 Å². The maximum absolute atomic E-state index is 11.6. The Morgan fingerprint density at radius 2 is 0.837 bits per heavy atom. The molecule has 2 aromatic heterocycles. The molecule has 4 aliphatic rings. The van der Waals surface area contributed by atoms with Crippen molar-refractivity contribution in [3.05, 3.63) is 436 Å². The van der Waals surface area contributed by atoms with Gasteiger partial charge in [0.2, 0.25) is 19.5 Å². The maximum Gasteiger partial charge on any atom is 0.231 e. The van der Waals surface area contributed by atoms with Crippen molar-refractivity contribution in [1.82, 2.24) is 20.8 Å². The molecule has 0 aliphatic carbocycles. The van der Waals surface area contributed by atoms with E-state index in [1.165, 1.54) is 55.6 Å². The second kappa shape index (κ2) is 47.3. The monoisotopic (exact) mass is 1640 g/mol.